The maximum atomic E-state index is 10.8. The first-order valence-corrected chi connectivity index (χ1v) is 5.70. The number of nitrogens with zero attached hydrogens (tertiary/aromatic N) is 1. The molecule has 4 heteroatoms. The van der Waals surface area contributed by atoms with Gasteiger partial charge in [0.15, 0.2) is 0 Å². The Labute approximate surface area is 98.1 Å². The molecule has 0 unspecified atom stereocenters. The number of hydrogen-bond acceptors (Lipinski definition) is 2. The second kappa shape index (κ2) is 3.52. The van der Waals surface area contributed by atoms with Gasteiger partial charge in [-0.1, -0.05) is 0 Å². The van der Waals surface area contributed by atoms with Crippen molar-refractivity contribution in [1.29, 1.82) is 0 Å². The Balaban J connectivity index is 2.19. The second-order valence-corrected chi connectivity index (χ2v) is 4.55. The minimum absolute atomic E-state index is 0.0337. The number of fused-ring (bicyclic) bond motifs is 1. The van der Waals surface area contributed by atoms with Crippen LogP contribution in [-0.2, 0) is 11.2 Å². The molecular weight excluding hydrogens is 218 g/mol. The van der Waals surface area contributed by atoms with Crippen LogP contribution in [0.2, 0.25) is 0 Å². The lowest BCUT2D eigenvalue weighted by atomic mass is 10.2. The van der Waals surface area contributed by atoms with Gasteiger partial charge in [-0.3, -0.25) is 4.79 Å². The maximum Gasteiger partial charge on any atom is 0.309 e. The van der Waals surface area contributed by atoms with Gasteiger partial charge in [-0.15, -0.1) is 0 Å². The molecule has 3 rings (SSSR count). The smallest absolute Gasteiger partial charge is 0.309 e. The van der Waals surface area contributed by atoms with Gasteiger partial charge < -0.3 is 14.8 Å². The molecule has 0 aliphatic heterocycles. The first-order chi connectivity index (χ1) is 8.15. The number of aromatic nitrogens is 1. The van der Waals surface area contributed by atoms with Gasteiger partial charge >= 0.3 is 5.97 Å². The predicted octanol–water partition coefficient (Wildman–Crippen LogP) is 2.31. The number of hydrogen-bond donors (Lipinski definition) is 2. The van der Waals surface area contributed by atoms with E-state index in [4.69, 9.17) is 5.11 Å². The fourth-order valence-electron chi connectivity index (χ4n) is 2.34. The quantitative estimate of drug-likeness (QED) is 0.852. The Kier molecular flexibility index (Phi) is 2.11. The van der Waals surface area contributed by atoms with Crippen molar-refractivity contribution in [3.8, 4) is 5.75 Å². The Morgan fingerprint density at radius 1 is 1.35 bits per heavy atom. The van der Waals surface area contributed by atoms with E-state index in [1.807, 2.05) is 12.1 Å². The summed E-state index contributed by atoms with van der Waals surface area (Å²) >= 11 is 0. The molecule has 1 heterocycles. The summed E-state index contributed by atoms with van der Waals surface area (Å²) in [6.45, 7) is 0. The summed E-state index contributed by atoms with van der Waals surface area (Å²) in [5, 5.41) is 19.3. The zero-order chi connectivity index (χ0) is 12.0. The van der Waals surface area contributed by atoms with Gasteiger partial charge in [0.2, 0.25) is 0 Å². The molecule has 0 atom stereocenters. The fraction of sp³-hybridized carbons (Fsp3) is 0.308. The van der Waals surface area contributed by atoms with Crippen LogP contribution in [0.4, 0.5) is 0 Å². The number of phenolic OH excluding ortho intramolecular Hbond substituents is 1. The number of aromatic hydroxyl groups is 1. The van der Waals surface area contributed by atoms with Crippen molar-refractivity contribution in [2.75, 3.05) is 0 Å². The normalized spacial score (nSPS) is 15.3. The minimum atomic E-state index is -0.820. The lowest BCUT2D eigenvalue weighted by molar-refractivity contribution is -0.136. The van der Waals surface area contributed by atoms with Crippen molar-refractivity contribution in [2.24, 2.45) is 0 Å². The van der Waals surface area contributed by atoms with Crippen LogP contribution >= 0.6 is 0 Å². The average molecular weight is 231 g/mol. The highest BCUT2D eigenvalue weighted by Crippen LogP contribution is 2.40. The first-order valence-electron chi connectivity index (χ1n) is 5.70. The van der Waals surface area contributed by atoms with Crippen molar-refractivity contribution in [3.63, 3.8) is 0 Å². The molecule has 1 aromatic heterocycles. The van der Waals surface area contributed by atoms with Crippen molar-refractivity contribution >= 4 is 16.9 Å². The second-order valence-electron chi connectivity index (χ2n) is 4.55. The van der Waals surface area contributed by atoms with Gasteiger partial charge in [-0.05, 0) is 37.1 Å². The molecule has 0 saturated heterocycles. The average Bonchev–Trinajstić information content (AvgIpc) is 3.00. The molecular formula is C13H13NO3. The molecule has 1 aliphatic carbocycles. The molecule has 1 saturated carbocycles. The van der Waals surface area contributed by atoms with E-state index in [0.717, 1.165) is 29.4 Å². The van der Waals surface area contributed by atoms with Crippen LogP contribution in [0.15, 0.2) is 24.3 Å². The topological polar surface area (TPSA) is 62.5 Å². The van der Waals surface area contributed by atoms with Crippen LogP contribution in [0.3, 0.4) is 0 Å². The highest BCUT2D eigenvalue weighted by atomic mass is 16.4. The molecule has 88 valence electrons. The van der Waals surface area contributed by atoms with Crippen molar-refractivity contribution in [1.82, 2.24) is 4.57 Å². The largest absolute Gasteiger partial charge is 0.508 e. The Morgan fingerprint density at radius 2 is 2.12 bits per heavy atom. The van der Waals surface area contributed by atoms with E-state index in [1.165, 1.54) is 0 Å². The van der Waals surface area contributed by atoms with E-state index in [1.54, 1.807) is 12.1 Å². The number of carboxylic acid groups (broad SMARTS) is 1. The summed E-state index contributed by atoms with van der Waals surface area (Å²) in [5.74, 6) is -0.605. The molecule has 0 radical (unpaired) electrons. The monoisotopic (exact) mass is 231 g/mol. The Hall–Kier alpha value is -1.97. The number of carbonyl (C=O) groups is 1. The first kappa shape index (κ1) is 10.2. The van der Waals surface area contributed by atoms with Gasteiger partial charge in [0, 0.05) is 22.6 Å². The number of benzene rings is 1. The third-order valence-electron chi connectivity index (χ3n) is 3.15. The van der Waals surface area contributed by atoms with E-state index in [2.05, 4.69) is 4.57 Å². The summed E-state index contributed by atoms with van der Waals surface area (Å²) in [6, 6.07) is 7.48. The van der Waals surface area contributed by atoms with Gasteiger partial charge in [0.25, 0.3) is 0 Å². The van der Waals surface area contributed by atoms with Crippen molar-refractivity contribution < 1.29 is 15.0 Å². The molecule has 0 spiro atoms. The Bertz CT molecular complexity index is 596. The molecule has 17 heavy (non-hydrogen) atoms. The Morgan fingerprint density at radius 3 is 2.76 bits per heavy atom. The van der Waals surface area contributed by atoms with Crippen LogP contribution in [-0.4, -0.2) is 20.7 Å². The molecule has 1 fully saturated rings. The van der Waals surface area contributed by atoms with E-state index in [0.29, 0.717) is 6.04 Å². The summed E-state index contributed by atoms with van der Waals surface area (Å²) in [6.07, 6.45) is 2.25. The summed E-state index contributed by atoms with van der Waals surface area (Å²) in [4.78, 5) is 10.8. The van der Waals surface area contributed by atoms with Crippen LogP contribution < -0.4 is 0 Å². The zero-order valence-electron chi connectivity index (χ0n) is 9.26. The summed E-state index contributed by atoms with van der Waals surface area (Å²) in [5.41, 5.74) is 1.84. The highest BCUT2D eigenvalue weighted by molar-refractivity contribution is 5.84. The van der Waals surface area contributed by atoms with E-state index >= 15 is 0 Å². The van der Waals surface area contributed by atoms with E-state index in [-0.39, 0.29) is 12.2 Å². The minimum Gasteiger partial charge on any atom is -0.508 e. The molecule has 2 N–H and O–H groups in total. The van der Waals surface area contributed by atoms with Crippen LogP contribution in [0, 0.1) is 0 Å². The maximum absolute atomic E-state index is 10.8. The molecule has 2 aromatic rings. The fourth-order valence-corrected chi connectivity index (χ4v) is 2.34. The van der Waals surface area contributed by atoms with Crippen LogP contribution in [0.1, 0.15) is 24.6 Å². The zero-order valence-corrected chi connectivity index (χ0v) is 9.26. The molecule has 4 nitrogen and oxygen atoms in total. The highest BCUT2D eigenvalue weighted by Gasteiger charge is 2.27. The number of phenols is 1. The van der Waals surface area contributed by atoms with Gasteiger partial charge in [-0.25, -0.2) is 0 Å². The number of aliphatic carboxylic acids is 1. The van der Waals surface area contributed by atoms with Gasteiger partial charge in [0.1, 0.15) is 5.75 Å². The van der Waals surface area contributed by atoms with E-state index in [9.17, 15) is 9.90 Å². The van der Waals surface area contributed by atoms with Crippen LogP contribution in [0.5, 0.6) is 5.75 Å². The van der Waals surface area contributed by atoms with Gasteiger partial charge in [0.05, 0.1) is 6.42 Å². The van der Waals surface area contributed by atoms with E-state index < -0.39 is 5.97 Å². The summed E-state index contributed by atoms with van der Waals surface area (Å²) < 4.78 is 2.10. The SMILES string of the molecule is O=C(O)Cc1cc2cc(O)ccc2n1C1CC1. The lowest BCUT2D eigenvalue weighted by Gasteiger charge is -2.07. The van der Waals surface area contributed by atoms with Crippen molar-refractivity contribution in [2.45, 2.75) is 25.3 Å². The molecule has 1 aliphatic rings. The predicted molar refractivity (Wildman–Crippen MR) is 63.2 cm³/mol. The third kappa shape index (κ3) is 1.75. The molecule has 0 bridgehead atoms. The number of rotatable bonds is 3. The lowest BCUT2D eigenvalue weighted by Crippen LogP contribution is -2.06. The molecule has 1 aromatic carbocycles. The third-order valence-corrected chi connectivity index (χ3v) is 3.15. The number of carboxylic acids is 1. The van der Waals surface area contributed by atoms with Gasteiger partial charge in [-0.2, -0.15) is 0 Å². The van der Waals surface area contributed by atoms with Crippen LogP contribution in [0.25, 0.3) is 10.9 Å². The summed E-state index contributed by atoms with van der Waals surface area (Å²) in [7, 11) is 0. The van der Waals surface area contributed by atoms with Crippen molar-refractivity contribution in [3.05, 3.63) is 30.0 Å². The molecule has 0 amide bonds. The standard InChI is InChI=1S/C13H13NO3/c15-11-3-4-12-8(6-11)5-10(7-13(16)17)14(12)9-1-2-9/h3-6,9,15H,1-2,7H2,(H,16,17).